The average molecular weight is 316 g/mol. The van der Waals surface area contributed by atoms with Gasteiger partial charge in [-0.3, -0.25) is 19.3 Å². The Morgan fingerprint density at radius 2 is 2.22 bits per heavy atom. The SMILES string of the molecule is Cn1cc(C(=O)C[C@@H]2CCCN2C(=O)c2ccncc2F)cn1. The lowest BCUT2D eigenvalue weighted by molar-refractivity contribution is 0.0712. The molecule has 1 aliphatic rings. The molecule has 1 amide bonds. The topological polar surface area (TPSA) is 68.1 Å². The van der Waals surface area contributed by atoms with Crippen molar-refractivity contribution in [2.24, 2.45) is 7.05 Å². The maximum atomic E-state index is 13.8. The fraction of sp³-hybridized carbons (Fsp3) is 0.375. The normalized spacial score (nSPS) is 17.5. The molecule has 0 bridgehead atoms. The number of halogens is 1. The molecule has 1 aliphatic heterocycles. The number of ketones is 1. The highest BCUT2D eigenvalue weighted by atomic mass is 19.1. The lowest BCUT2D eigenvalue weighted by atomic mass is 10.0. The number of likely N-dealkylation sites (tertiary alicyclic amines) is 1. The van der Waals surface area contributed by atoms with E-state index in [0.29, 0.717) is 12.1 Å². The van der Waals surface area contributed by atoms with Crippen molar-refractivity contribution in [1.29, 1.82) is 0 Å². The number of Topliss-reactive ketones (excluding diaryl/α,β-unsaturated/α-hetero) is 1. The van der Waals surface area contributed by atoms with Gasteiger partial charge in [-0.15, -0.1) is 0 Å². The Balaban J connectivity index is 1.74. The van der Waals surface area contributed by atoms with Crippen LogP contribution in [-0.4, -0.2) is 43.9 Å². The van der Waals surface area contributed by atoms with E-state index in [9.17, 15) is 14.0 Å². The standard InChI is InChI=1S/C16H17FN4O2/c1-20-10-11(8-19-20)15(22)7-12-3-2-6-21(12)16(23)13-4-5-18-9-14(13)17/h4-5,8-10,12H,2-3,6-7H2,1H3/t12-/m0/s1. The van der Waals surface area contributed by atoms with Crippen molar-refractivity contribution >= 4 is 11.7 Å². The molecule has 0 aromatic carbocycles. The number of rotatable bonds is 4. The van der Waals surface area contributed by atoms with E-state index < -0.39 is 5.82 Å². The van der Waals surface area contributed by atoms with Gasteiger partial charge in [-0.05, 0) is 18.9 Å². The predicted octanol–water partition coefficient (Wildman–Crippen LogP) is 1.83. The van der Waals surface area contributed by atoms with Crippen molar-refractivity contribution in [2.75, 3.05) is 6.54 Å². The molecule has 0 radical (unpaired) electrons. The van der Waals surface area contributed by atoms with Crippen molar-refractivity contribution in [1.82, 2.24) is 19.7 Å². The van der Waals surface area contributed by atoms with Gasteiger partial charge in [0.15, 0.2) is 11.6 Å². The van der Waals surface area contributed by atoms with E-state index in [1.165, 1.54) is 18.5 Å². The molecule has 3 heterocycles. The van der Waals surface area contributed by atoms with E-state index in [4.69, 9.17) is 0 Å². The molecular weight excluding hydrogens is 299 g/mol. The molecule has 0 spiro atoms. The van der Waals surface area contributed by atoms with Gasteiger partial charge < -0.3 is 4.90 Å². The van der Waals surface area contributed by atoms with Crippen LogP contribution in [0, 0.1) is 5.82 Å². The van der Waals surface area contributed by atoms with E-state index in [1.807, 2.05) is 0 Å². The highest BCUT2D eigenvalue weighted by Crippen LogP contribution is 2.24. The van der Waals surface area contributed by atoms with E-state index >= 15 is 0 Å². The third-order valence-electron chi connectivity index (χ3n) is 4.09. The van der Waals surface area contributed by atoms with Crippen LogP contribution in [0.5, 0.6) is 0 Å². The van der Waals surface area contributed by atoms with Crippen LogP contribution in [0.1, 0.15) is 40.0 Å². The maximum absolute atomic E-state index is 13.8. The minimum atomic E-state index is -0.637. The smallest absolute Gasteiger partial charge is 0.257 e. The number of carbonyl (C=O) groups excluding carboxylic acids is 2. The lowest BCUT2D eigenvalue weighted by Gasteiger charge is -2.24. The average Bonchev–Trinajstić information content (AvgIpc) is 3.16. The van der Waals surface area contributed by atoms with Crippen LogP contribution in [0.2, 0.25) is 0 Å². The number of nitrogens with zero attached hydrogens (tertiary/aromatic N) is 4. The number of carbonyl (C=O) groups is 2. The second-order valence-electron chi connectivity index (χ2n) is 5.68. The molecule has 7 heteroatoms. The summed E-state index contributed by atoms with van der Waals surface area (Å²) < 4.78 is 15.3. The van der Waals surface area contributed by atoms with Gasteiger partial charge in [-0.25, -0.2) is 4.39 Å². The lowest BCUT2D eigenvalue weighted by Crippen LogP contribution is -2.37. The zero-order valence-corrected chi connectivity index (χ0v) is 12.8. The van der Waals surface area contributed by atoms with Crippen LogP contribution in [0.25, 0.3) is 0 Å². The van der Waals surface area contributed by atoms with Gasteiger partial charge in [0.25, 0.3) is 5.91 Å². The molecule has 1 fully saturated rings. The molecular formula is C16H17FN4O2. The predicted molar refractivity (Wildman–Crippen MR) is 80.4 cm³/mol. The molecule has 1 saturated heterocycles. The summed E-state index contributed by atoms with van der Waals surface area (Å²) in [4.78, 5) is 30.1. The number of amides is 1. The Labute approximate surface area is 132 Å². The zero-order chi connectivity index (χ0) is 16.4. The van der Waals surface area contributed by atoms with Crippen LogP contribution in [0.3, 0.4) is 0 Å². The highest BCUT2D eigenvalue weighted by molar-refractivity contribution is 5.98. The quantitative estimate of drug-likeness (QED) is 0.807. The Bertz CT molecular complexity index is 743. The molecule has 2 aromatic rings. The van der Waals surface area contributed by atoms with Crippen LogP contribution in [-0.2, 0) is 7.05 Å². The van der Waals surface area contributed by atoms with E-state index in [0.717, 1.165) is 19.0 Å². The van der Waals surface area contributed by atoms with Crippen LogP contribution in [0.4, 0.5) is 4.39 Å². The van der Waals surface area contributed by atoms with Gasteiger partial charge in [-0.1, -0.05) is 0 Å². The van der Waals surface area contributed by atoms with Crippen molar-refractivity contribution in [3.63, 3.8) is 0 Å². The maximum Gasteiger partial charge on any atom is 0.257 e. The molecule has 0 saturated carbocycles. The first-order valence-electron chi connectivity index (χ1n) is 7.48. The van der Waals surface area contributed by atoms with E-state index in [-0.39, 0.29) is 29.7 Å². The summed E-state index contributed by atoms with van der Waals surface area (Å²) in [6.45, 7) is 0.533. The molecule has 120 valence electrons. The molecule has 0 unspecified atom stereocenters. The summed E-state index contributed by atoms with van der Waals surface area (Å²) in [7, 11) is 1.74. The van der Waals surface area contributed by atoms with E-state index in [2.05, 4.69) is 10.1 Å². The highest BCUT2D eigenvalue weighted by Gasteiger charge is 2.32. The first-order valence-corrected chi connectivity index (χ1v) is 7.48. The van der Waals surface area contributed by atoms with Crippen molar-refractivity contribution in [2.45, 2.75) is 25.3 Å². The van der Waals surface area contributed by atoms with Crippen LogP contribution in [0.15, 0.2) is 30.9 Å². The van der Waals surface area contributed by atoms with Crippen molar-refractivity contribution < 1.29 is 14.0 Å². The van der Waals surface area contributed by atoms with Gasteiger partial charge in [0, 0.05) is 38.4 Å². The van der Waals surface area contributed by atoms with Gasteiger partial charge in [0.05, 0.1) is 23.5 Å². The van der Waals surface area contributed by atoms with Crippen LogP contribution >= 0.6 is 0 Å². The fourth-order valence-electron chi connectivity index (χ4n) is 2.92. The Morgan fingerprint density at radius 1 is 1.39 bits per heavy atom. The molecule has 2 aromatic heterocycles. The molecule has 0 N–H and O–H groups in total. The van der Waals surface area contributed by atoms with Gasteiger partial charge in [-0.2, -0.15) is 5.10 Å². The third kappa shape index (κ3) is 3.13. The van der Waals surface area contributed by atoms with Gasteiger partial charge in [0.1, 0.15) is 0 Å². The largest absolute Gasteiger partial charge is 0.335 e. The number of hydrogen-bond acceptors (Lipinski definition) is 4. The van der Waals surface area contributed by atoms with Crippen molar-refractivity contribution in [3.8, 4) is 0 Å². The Morgan fingerprint density at radius 3 is 2.91 bits per heavy atom. The fourth-order valence-corrected chi connectivity index (χ4v) is 2.92. The summed E-state index contributed by atoms with van der Waals surface area (Å²) in [5.41, 5.74) is 0.530. The first-order chi connectivity index (χ1) is 11.1. The molecule has 0 aliphatic carbocycles. The Hall–Kier alpha value is -2.57. The number of pyridine rings is 1. The summed E-state index contributed by atoms with van der Waals surface area (Å²) in [5, 5.41) is 3.98. The minimum Gasteiger partial charge on any atom is -0.335 e. The van der Waals surface area contributed by atoms with Crippen molar-refractivity contribution in [3.05, 3.63) is 47.8 Å². The summed E-state index contributed by atoms with van der Waals surface area (Å²) >= 11 is 0. The number of aromatic nitrogens is 3. The Kier molecular flexibility index (Phi) is 4.18. The molecule has 3 rings (SSSR count). The monoisotopic (exact) mass is 316 g/mol. The van der Waals surface area contributed by atoms with E-state index in [1.54, 1.807) is 22.8 Å². The summed E-state index contributed by atoms with van der Waals surface area (Å²) in [6.07, 6.45) is 7.37. The first kappa shape index (κ1) is 15.3. The summed E-state index contributed by atoms with van der Waals surface area (Å²) in [5.74, 6) is -1.08. The summed E-state index contributed by atoms with van der Waals surface area (Å²) in [6, 6.07) is 1.17. The zero-order valence-electron chi connectivity index (χ0n) is 12.8. The van der Waals surface area contributed by atoms with Gasteiger partial charge >= 0.3 is 0 Å². The molecule has 1 atom stereocenters. The third-order valence-corrected chi connectivity index (χ3v) is 4.09. The second kappa shape index (κ2) is 6.28. The molecule has 6 nitrogen and oxygen atoms in total. The minimum absolute atomic E-state index is 0.000673. The molecule has 23 heavy (non-hydrogen) atoms. The second-order valence-corrected chi connectivity index (χ2v) is 5.68. The number of hydrogen-bond donors (Lipinski definition) is 0. The van der Waals surface area contributed by atoms with Gasteiger partial charge in [0.2, 0.25) is 0 Å². The van der Waals surface area contributed by atoms with Crippen LogP contribution < -0.4 is 0 Å². The number of aryl methyl sites for hydroxylation is 1.